The van der Waals surface area contributed by atoms with Crippen LogP contribution in [-0.2, 0) is 6.42 Å². The van der Waals surface area contributed by atoms with Gasteiger partial charge in [0.05, 0.1) is 11.6 Å². The molecule has 0 spiro atoms. The minimum Gasteiger partial charge on any atom is -0.261 e. The number of nitriles is 1. The number of benzene rings is 2. The lowest BCUT2D eigenvalue weighted by Gasteiger charge is -2.06. The summed E-state index contributed by atoms with van der Waals surface area (Å²) >= 11 is 0. The van der Waals surface area contributed by atoms with Crippen LogP contribution in [0.4, 0.5) is 0 Å². The Kier molecular flexibility index (Phi) is 6.77. The topological polar surface area (TPSA) is 36.7 Å². The number of aryl methyl sites for hydroxylation is 1. The number of nitrogens with zero attached hydrogens (tertiary/aromatic N) is 2. The molecular formula is C25H26N2. The maximum Gasteiger partial charge on any atom is 0.0991 e. The van der Waals surface area contributed by atoms with Crippen LogP contribution in [0.2, 0.25) is 0 Å². The fourth-order valence-corrected chi connectivity index (χ4v) is 3.25. The van der Waals surface area contributed by atoms with Gasteiger partial charge >= 0.3 is 0 Å². The van der Waals surface area contributed by atoms with Gasteiger partial charge in [-0.3, -0.25) is 4.98 Å². The molecule has 0 aliphatic carbocycles. The van der Waals surface area contributed by atoms with E-state index in [2.05, 4.69) is 54.4 Å². The molecule has 0 aliphatic rings. The first-order valence-electron chi connectivity index (χ1n) is 9.86. The normalized spacial score (nSPS) is 10.5. The van der Waals surface area contributed by atoms with E-state index >= 15 is 0 Å². The Bertz CT molecular complexity index is 870. The molecule has 136 valence electrons. The van der Waals surface area contributed by atoms with Gasteiger partial charge in [-0.1, -0.05) is 75.1 Å². The molecule has 3 rings (SSSR count). The van der Waals surface area contributed by atoms with Crippen LogP contribution in [0.25, 0.3) is 22.3 Å². The van der Waals surface area contributed by atoms with Crippen LogP contribution in [0.15, 0.2) is 66.9 Å². The Morgan fingerprint density at radius 2 is 1.26 bits per heavy atom. The van der Waals surface area contributed by atoms with Crippen LogP contribution in [0.1, 0.15) is 50.3 Å². The standard InChI is InChI=1S/C25H26N2/c1-2-3-4-5-6-7-25-17-16-24(19-27-25)23-14-12-22(13-15-23)21-10-8-20(18-26)9-11-21/h8-17,19H,2-7H2,1H3. The average molecular weight is 354 g/mol. The molecule has 2 nitrogen and oxygen atoms in total. The number of aromatic nitrogens is 1. The van der Waals surface area contributed by atoms with Crippen LogP contribution in [0.5, 0.6) is 0 Å². The first-order chi connectivity index (χ1) is 13.3. The molecule has 0 saturated heterocycles. The average Bonchev–Trinajstić information content (AvgIpc) is 2.74. The van der Waals surface area contributed by atoms with Gasteiger partial charge in [0.15, 0.2) is 0 Å². The summed E-state index contributed by atoms with van der Waals surface area (Å²) in [6, 6.07) is 22.7. The van der Waals surface area contributed by atoms with Gasteiger partial charge in [0, 0.05) is 17.5 Å². The van der Waals surface area contributed by atoms with Gasteiger partial charge in [-0.25, -0.2) is 0 Å². The molecule has 0 amide bonds. The van der Waals surface area contributed by atoms with Crippen molar-refractivity contribution in [1.29, 1.82) is 5.26 Å². The summed E-state index contributed by atoms with van der Waals surface area (Å²) in [4.78, 5) is 4.64. The van der Waals surface area contributed by atoms with Crippen LogP contribution in [0.3, 0.4) is 0 Å². The predicted molar refractivity (Wildman–Crippen MR) is 112 cm³/mol. The zero-order valence-corrected chi connectivity index (χ0v) is 16.0. The molecule has 0 atom stereocenters. The third kappa shape index (κ3) is 5.28. The Morgan fingerprint density at radius 1 is 0.704 bits per heavy atom. The Morgan fingerprint density at radius 3 is 1.81 bits per heavy atom. The summed E-state index contributed by atoms with van der Waals surface area (Å²) in [5.41, 5.74) is 6.47. The number of unbranched alkanes of at least 4 members (excludes halogenated alkanes) is 4. The van der Waals surface area contributed by atoms with Crippen LogP contribution in [0, 0.1) is 11.3 Å². The van der Waals surface area contributed by atoms with Gasteiger partial charge in [0.25, 0.3) is 0 Å². The molecule has 2 aromatic carbocycles. The summed E-state index contributed by atoms with van der Waals surface area (Å²) in [6.45, 7) is 2.25. The van der Waals surface area contributed by atoms with E-state index in [1.165, 1.54) is 43.4 Å². The van der Waals surface area contributed by atoms with E-state index < -0.39 is 0 Å². The second-order valence-corrected chi connectivity index (χ2v) is 6.97. The fraction of sp³-hybridized carbons (Fsp3) is 0.280. The highest BCUT2D eigenvalue weighted by atomic mass is 14.7. The lowest BCUT2D eigenvalue weighted by Crippen LogP contribution is -1.91. The number of rotatable bonds is 8. The lowest BCUT2D eigenvalue weighted by molar-refractivity contribution is 0.628. The van der Waals surface area contributed by atoms with Gasteiger partial charge in [-0.2, -0.15) is 5.26 Å². The minimum absolute atomic E-state index is 0.687. The summed E-state index contributed by atoms with van der Waals surface area (Å²) in [5, 5.41) is 8.91. The molecular weight excluding hydrogens is 328 g/mol. The Balaban J connectivity index is 1.62. The van der Waals surface area contributed by atoms with E-state index in [0.717, 1.165) is 23.1 Å². The third-order valence-corrected chi connectivity index (χ3v) is 4.93. The first kappa shape index (κ1) is 18.9. The lowest BCUT2D eigenvalue weighted by atomic mass is 10.00. The Labute approximate surface area is 162 Å². The van der Waals surface area contributed by atoms with Crippen molar-refractivity contribution in [2.75, 3.05) is 0 Å². The fourth-order valence-electron chi connectivity index (χ4n) is 3.25. The second-order valence-electron chi connectivity index (χ2n) is 6.97. The zero-order valence-electron chi connectivity index (χ0n) is 16.0. The highest BCUT2D eigenvalue weighted by Crippen LogP contribution is 2.25. The van der Waals surface area contributed by atoms with Gasteiger partial charge < -0.3 is 0 Å². The number of hydrogen-bond donors (Lipinski definition) is 0. The van der Waals surface area contributed by atoms with Crippen molar-refractivity contribution in [2.45, 2.75) is 45.4 Å². The van der Waals surface area contributed by atoms with Gasteiger partial charge in [0.2, 0.25) is 0 Å². The minimum atomic E-state index is 0.687. The maximum atomic E-state index is 8.91. The van der Waals surface area contributed by atoms with E-state index in [1.807, 2.05) is 30.5 Å². The molecule has 0 radical (unpaired) electrons. The Hall–Kier alpha value is -2.92. The molecule has 0 bridgehead atoms. The van der Waals surface area contributed by atoms with Crippen molar-refractivity contribution in [2.24, 2.45) is 0 Å². The molecule has 0 fully saturated rings. The molecule has 1 heterocycles. The largest absolute Gasteiger partial charge is 0.261 e. The van der Waals surface area contributed by atoms with Crippen molar-refractivity contribution < 1.29 is 0 Å². The van der Waals surface area contributed by atoms with E-state index in [1.54, 1.807) is 0 Å². The van der Waals surface area contributed by atoms with E-state index in [4.69, 9.17) is 5.26 Å². The van der Waals surface area contributed by atoms with Crippen molar-refractivity contribution in [1.82, 2.24) is 4.98 Å². The second kappa shape index (κ2) is 9.69. The molecule has 0 unspecified atom stereocenters. The molecule has 1 aromatic heterocycles. The molecule has 0 saturated carbocycles. The predicted octanol–water partition coefficient (Wildman–Crippen LogP) is 6.80. The van der Waals surface area contributed by atoms with Crippen molar-refractivity contribution in [3.63, 3.8) is 0 Å². The van der Waals surface area contributed by atoms with Crippen LogP contribution >= 0.6 is 0 Å². The van der Waals surface area contributed by atoms with E-state index in [-0.39, 0.29) is 0 Å². The molecule has 3 aromatic rings. The summed E-state index contributed by atoms with van der Waals surface area (Å²) in [5.74, 6) is 0. The summed E-state index contributed by atoms with van der Waals surface area (Å²) < 4.78 is 0. The zero-order chi connectivity index (χ0) is 18.9. The van der Waals surface area contributed by atoms with Gasteiger partial charge in [-0.15, -0.1) is 0 Å². The molecule has 27 heavy (non-hydrogen) atoms. The molecule has 0 aliphatic heterocycles. The quantitative estimate of drug-likeness (QED) is 0.417. The van der Waals surface area contributed by atoms with Gasteiger partial charge in [-0.05, 0) is 47.7 Å². The summed E-state index contributed by atoms with van der Waals surface area (Å²) in [7, 11) is 0. The first-order valence-corrected chi connectivity index (χ1v) is 9.86. The highest BCUT2D eigenvalue weighted by molar-refractivity contribution is 5.70. The molecule has 2 heteroatoms. The maximum absolute atomic E-state index is 8.91. The SMILES string of the molecule is CCCCCCCc1ccc(-c2ccc(-c3ccc(C#N)cc3)cc2)cn1. The van der Waals surface area contributed by atoms with Crippen molar-refractivity contribution in [3.05, 3.63) is 78.1 Å². The number of pyridine rings is 1. The monoisotopic (exact) mass is 354 g/mol. The summed E-state index contributed by atoms with van der Waals surface area (Å²) in [6.07, 6.45) is 9.54. The van der Waals surface area contributed by atoms with Crippen LogP contribution < -0.4 is 0 Å². The molecule has 0 N–H and O–H groups in total. The van der Waals surface area contributed by atoms with Crippen molar-refractivity contribution in [3.8, 4) is 28.3 Å². The van der Waals surface area contributed by atoms with E-state index in [0.29, 0.717) is 5.56 Å². The van der Waals surface area contributed by atoms with Crippen LogP contribution in [-0.4, -0.2) is 4.98 Å². The highest BCUT2D eigenvalue weighted by Gasteiger charge is 2.02. The van der Waals surface area contributed by atoms with Crippen molar-refractivity contribution >= 4 is 0 Å². The third-order valence-electron chi connectivity index (χ3n) is 4.93. The number of hydrogen-bond acceptors (Lipinski definition) is 2. The van der Waals surface area contributed by atoms with Gasteiger partial charge in [0.1, 0.15) is 0 Å². The smallest absolute Gasteiger partial charge is 0.0991 e. The van der Waals surface area contributed by atoms with E-state index in [9.17, 15) is 0 Å².